The van der Waals surface area contributed by atoms with Crippen molar-refractivity contribution in [3.63, 3.8) is 0 Å². The fraction of sp³-hybridized carbons (Fsp3) is 0.0952. The molecule has 0 aliphatic carbocycles. The minimum absolute atomic E-state index is 0.00233. The van der Waals surface area contributed by atoms with Crippen LogP contribution in [0.25, 0.3) is 4.85 Å². The largest absolute Gasteiger partial charge is 0.491 e. The molecule has 14 rings (SSSR count). The van der Waals surface area contributed by atoms with E-state index in [4.69, 9.17) is 73.9 Å². The van der Waals surface area contributed by atoms with E-state index in [2.05, 4.69) is 4.85 Å². The summed E-state index contributed by atoms with van der Waals surface area (Å²) in [6.07, 6.45) is 0. The first-order valence-corrected chi connectivity index (χ1v) is 37.0. The molecule has 0 fully saturated rings. The van der Waals surface area contributed by atoms with Crippen LogP contribution in [0, 0.1) is 63.8 Å². The smallest absolute Gasteiger partial charge is 0.457 e. The molecule has 2 aliphatic rings. The number of aliphatic hydroxyl groups excluding tert-OH is 6. The number of benzene rings is 12. The first-order chi connectivity index (χ1) is 59.0. The van der Waals surface area contributed by atoms with Crippen molar-refractivity contribution in [3.05, 3.63) is 339 Å². The van der Waals surface area contributed by atoms with Gasteiger partial charge in [-0.15, -0.1) is 0 Å². The maximum absolute atomic E-state index is 13.7. The van der Waals surface area contributed by atoms with Crippen molar-refractivity contribution in [3.8, 4) is 64.2 Å². The van der Waals surface area contributed by atoms with Gasteiger partial charge in [0.25, 0.3) is 0 Å². The molecule has 0 unspecified atom stereocenters. The third-order valence-corrected chi connectivity index (χ3v) is 18.7. The molecule has 12 aromatic carbocycles. The van der Waals surface area contributed by atoms with Gasteiger partial charge in [0.05, 0.1) is 94.3 Å². The molecule has 2 heterocycles. The van der Waals surface area contributed by atoms with Crippen molar-refractivity contribution in [2.45, 2.75) is 52.9 Å². The van der Waals surface area contributed by atoms with Crippen LogP contribution in [0.3, 0.4) is 0 Å². The number of rotatable bonds is 28. The van der Waals surface area contributed by atoms with Crippen molar-refractivity contribution in [2.24, 2.45) is 0 Å². The molecule has 38 heteroatoms. The molecule has 0 spiro atoms. The van der Waals surface area contributed by atoms with Crippen LogP contribution in [-0.4, -0.2) is 118 Å². The van der Waals surface area contributed by atoms with E-state index >= 15 is 0 Å². The lowest BCUT2D eigenvalue weighted by Crippen LogP contribution is -2.53. The Hall–Kier alpha value is -12.7. The molecule has 12 aromatic rings. The van der Waals surface area contributed by atoms with Gasteiger partial charge in [-0.05, 0) is 270 Å². The molecule has 0 amide bonds. The predicted molar refractivity (Wildman–Crippen MR) is 444 cm³/mol. The predicted octanol–water partition coefficient (Wildman–Crippen LogP) is 5.03. The van der Waals surface area contributed by atoms with E-state index in [1.165, 1.54) is 66.7 Å². The van der Waals surface area contributed by atoms with Gasteiger partial charge >= 0.3 is 56.9 Å². The van der Waals surface area contributed by atoms with Crippen LogP contribution in [0.15, 0.2) is 243 Å². The van der Waals surface area contributed by atoms with E-state index in [1.54, 1.807) is 133 Å². The first-order valence-electron chi connectivity index (χ1n) is 37.0. The Morgan fingerprint density at radius 3 is 0.910 bits per heavy atom. The molecule has 122 heavy (non-hydrogen) atoms. The van der Waals surface area contributed by atoms with Crippen LogP contribution in [0.2, 0.25) is 0 Å². The molecule has 2 aliphatic heterocycles. The van der Waals surface area contributed by atoms with Gasteiger partial charge in [0.1, 0.15) is 69.3 Å². The van der Waals surface area contributed by atoms with E-state index in [9.17, 15) is 73.3 Å². The van der Waals surface area contributed by atoms with Gasteiger partial charge in [0, 0.05) is 0 Å². The second-order valence-corrected chi connectivity index (χ2v) is 26.6. The molecule has 0 saturated heterocycles. The first kappa shape index (κ1) is 90.1. The van der Waals surface area contributed by atoms with Crippen LogP contribution in [0.4, 0.5) is 23.2 Å². The minimum atomic E-state index is -1.80. The summed E-state index contributed by atoms with van der Waals surface area (Å²) in [5.41, 5.74) is 6.39. The summed E-state index contributed by atoms with van der Waals surface area (Å²) >= 11 is 0. The Morgan fingerprint density at radius 1 is 0.328 bits per heavy atom. The van der Waals surface area contributed by atoms with E-state index in [1.807, 2.05) is 24.3 Å². The molecule has 608 valence electrons. The molecular formula is C84H68B8F4N4O22. The summed E-state index contributed by atoms with van der Waals surface area (Å²) in [6.45, 7) is 4.13. The van der Waals surface area contributed by atoms with Gasteiger partial charge < -0.3 is 107 Å². The highest BCUT2D eigenvalue weighted by atomic mass is 19.1. The molecule has 0 bridgehead atoms. The zero-order valence-electron chi connectivity index (χ0n) is 64.1. The van der Waals surface area contributed by atoms with Crippen molar-refractivity contribution in [2.75, 3.05) is 0 Å². The lowest BCUT2D eigenvalue weighted by molar-refractivity contribution is 0.274. The number of nitriles is 3. The maximum Gasteiger partial charge on any atom is 0.491 e. The Morgan fingerprint density at radius 2 is 0.574 bits per heavy atom. The van der Waals surface area contributed by atoms with E-state index < -0.39 is 114 Å². The second-order valence-electron chi connectivity index (χ2n) is 26.6. The average Bonchev–Trinajstić information content (AvgIpc) is 1.03. The second kappa shape index (κ2) is 43.5. The average molecular weight is 1650 g/mol. The number of fused-ring (bicyclic) bond motifs is 2. The summed E-state index contributed by atoms with van der Waals surface area (Å²) in [4.78, 5) is 3.32. The molecule has 0 saturated carbocycles. The number of hydrogen-bond donors (Lipinski definition) is 12. The number of hydrogen-bond acceptors (Lipinski definition) is 25. The summed E-state index contributed by atoms with van der Waals surface area (Å²) in [5, 5.41) is 150. The van der Waals surface area contributed by atoms with Gasteiger partial charge in [-0.3, -0.25) is 0 Å². The highest BCUT2D eigenvalue weighted by Crippen LogP contribution is 2.29. The van der Waals surface area contributed by atoms with Crippen LogP contribution in [0.5, 0.6) is 46.0 Å². The third-order valence-electron chi connectivity index (χ3n) is 18.7. The van der Waals surface area contributed by atoms with Gasteiger partial charge in [-0.2, -0.15) is 15.8 Å². The lowest BCUT2D eigenvalue weighted by atomic mass is 9.65. The summed E-state index contributed by atoms with van der Waals surface area (Å²) in [6, 6.07) is 65.4. The van der Waals surface area contributed by atoms with Crippen molar-refractivity contribution in [1.82, 2.24) is 0 Å². The van der Waals surface area contributed by atoms with Crippen LogP contribution in [0.1, 0.15) is 61.2 Å². The Labute approximate surface area is 699 Å². The van der Waals surface area contributed by atoms with Gasteiger partial charge in [0.2, 0.25) is 0 Å². The molecule has 0 atom stereocenters. The summed E-state index contributed by atoms with van der Waals surface area (Å²) in [5.74, 6) is 1.37. The van der Waals surface area contributed by atoms with Crippen molar-refractivity contribution >= 4 is 106 Å². The summed E-state index contributed by atoms with van der Waals surface area (Å²) in [7, 11) is -12.0. The van der Waals surface area contributed by atoms with Crippen molar-refractivity contribution < 1.29 is 125 Å². The standard InChI is InChI=1S/C42H32B3N3O10.C21H20B3F3O7.C14H10BNO3.C7H6BFO2/c46-22-28-1-7-34(8-2-28)54-37-13-16-40(31(19-37)25-49)43(52)57-45(42-18-15-39(21-33(42)27-51)56-36-11-5-30(24-48)6-12-36)58-44(53)41-17-14-38(20-32(41)26-50)55-35-9-3-29(23-47)4-10-35;25-16-1-4-19(13(7-16)10-28)22(31)33-24(21-6-3-18(27)9-15(21)12-30)34-23(32)20-5-2-17(26)8-14(20)11-29;1-16-11-2-4-12(5-3-11)19-13-6-7-14-10(8-13)9-18-15(14)17;9-6-1-2-7-5(3-6)4-11-8(7)10/h1-21,49-53H,25-27H2;1-9,28-32H,10-12H2;2-8,17H,9H2;1-3,10H,4H2. The number of ether oxygens (including phenoxy) is 4. The fourth-order valence-electron chi connectivity index (χ4n) is 12.4. The molecule has 0 aromatic heterocycles. The van der Waals surface area contributed by atoms with Gasteiger partial charge in [-0.1, -0.05) is 60.7 Å². The number of nitrogens with zero attached hydrogens (tertiary/aromatic N) is 4. The van der Waals surface area contributed by atoms with Crippen LogP contribution >= 0.6 is 0 Å². The van der Waals surface area contributed by atoms with Gasteiger partial charge in [-0.25, -0.2) is 22.4 Å². The van der Waals surface area contributed by atoms with E-state index in [0.717, 1.165) is 53.0 Å². The highest BCUT2D eigenvalue weighted by molar-refractivity contribution is 6.80. The SMILES string of the molecule is N#Cc1ccc(Oc2ccc(B(O)OB(OB(O)c3ccc(Oc4ccc(C#N)cc4)cc3CO)c3ccc(Oc4ccc(C#N)cc4)cc3CO)c(CO)c2)cc1.OB1OCc2cc(F)ccc21.OCc1cc(F)ccc1B(O)OB(OB(O)c1ccc(F)cc1CO)c1ccc(F)cc1CO.[C-]#[N+]c1ccc(Oc2ccc3c(c2)COB3O)cc1. The normalized spacial score (nSPS) is 11.4. The number of halogens is 4. The molecular weight excluding hydrogens is 1580 g/mol. The quantitative estimate of drug-likeness (QED) is 0.0174. The Bertz CT molecular complexity index is 5610. The Kier molecular flexibility index (Phi) is 32.1. The van der Waals surface area contributed by atoms with Crippen LogP contribution < -0.4 is 62.6 Å². The van der Waals surface area contributed by atoms with E-state index in [0.29, 0.717) is 87.1 Å². The molecule has 12 N–H and O–H groups in total. The maximum atomic E-state index is 13.7. The fourth-order valence-corrected chi connectivity index (χ4v) is 12.4. The topological polar surface area (TPSA) is 411 Å². The van der Waals surface area contributed by atoms with E-state index in [-0.39, 0.29) is 72.0 Å². The lowest BCUT2D eigenvalue weighted by Gasteiger charge is -2.23. The molecule has 26 nitrogen and oxygen atoms in total. The van der Waals surface area contributed by atoms with Gasteiger partial charge in [0.15, 0.2) is 5.69 Å². The Balaban J connectivity index is 0.000000188. The minimum Gasteiger partial charge on any atom is -0.457 e. The van der Waals surface area contributed by atoms with Crippen LogP contribution in [-0.2, 0) is 80.5 Å². The monoisotopic (exact) mass is 1650 g/mol. The number of aliphatic hydroxyl groups is 6. The zero-order chi connectivity index (χ0) is 86.9. The molecule has 0 radical (unpaired) electrons. The summed E-state index contributed by atoms with van der Waals surface area (Å²) < 4.78 is 110. The zero-order valence-corrected chi connectivity index (χ0v) is 64.1. The third kappa shape index (κ3) is 23.9. The highest BCUT2D eigenvalue weighted by Gasteiger charge is 2.39. The van der Waals surface area contributed by atoms with Crippen molar-refractivity contribution in [1.29, 1.82) is 15.8 Å².